The van der Waals surface area contributed by atoms with E-state index in [-0.39, 0.29) is 0 Å². The third-order valence-electron chi connectivity index (χ3n) is 3.07. The molecule has 0 saturated heterocycles. The molecule has 1 aromatic carbocycles. The van der Waals surface area contributed by atoms with Gasteiger partial charge in [0.15, 0.2) is 5.92 Å². The molecule has 0 heterocycles. The summed E-state index contributed by atoms with van der Waals surface area (Å²) in [5, 5.41) is 2.56. The van der Waals surface area contributed by atoms with Crippen molar-refractivity contribution in [2.24, 2.45) is 5.92 Å². The first kappa shape index (κ1) is 19.5. The molecule has 0 spiro atoms. The lowest BCUT2D eigenvalue weighted by Crippen LogP contribution is -2.43. The zero-order valence-corrected chi connectivity index (χ0v) is 14.5. The van der Waals surface area contributed by atoms with Crippen LogP contribution in [0.3, 0.4) is 0 Å². The highest BCUT2D eigenvalue weighted by Gasteiger charge is 2.39. The summed E-state index contributed by atoms with van der Waals surface area (Å²) >= 11 is 0. The van der Waals surface area contributed by atoms with Gasteiger partial charge in [0.05, 0.1) is 20.3 Å². The Balaban J connectivity index is 3.19. The number of nitrogens with one attached hydrogen (secondary N) is 1. The minimum Gasteiger partial charge on any atom is -0.468 e. The van der Waals surface area contributed by atoms with Gasteiger partial charge in [-0.2, -0.15) is 0 Å². The predicted octanol–water partition coefficient (Wildman–Crippen LogP) is 2.21. The van der Waals surface area contributed by atoms with E-state index in [0.29, 0.717) is 5.56 Å². The Labute approximate surface area is 141 Å². The van der Waals surface area contributed by atoms with Crippen LogP contribution in [-0.2, 0) is 23.8 Å². The van der Waals surface area contributed by atoms with Crippen LogP contribution in [0.4, 0.5) is 4.79 Å². The molecule has 0 aliphatic heterocycles. The van der Waals surface area contributed by atoms with Crippen molar-refractivity contribution in [1.29, 1.82) is 0 Å². The van der Waals surface area contributed by atoms with Crippen LogP contribution in [-0.4, -0.2) is 37.9 Å². The summed E-state index contributed by atoms with van der Waals surface area (Å²) in [6.45, 7) is 5.13. The summed E-state index contributed by atoms with van der Waals surface area (Å²) in [6.07, 6.45) is -0.755. The Morgan fingerprint density at radius 3 is 1.88 bits per heavy atom. The molecule has 1 amide bonds. The summed E-state index contributed by atoms with van der Waals surface area (Å²) in [4.78, 5) is 36.3. The van der Waals surface area contributed by atoms with Gasteiger partial charge in [-0.15, -0.1) is 0 Å². The van der Waals surface area contributed by atoms with E-state index in [1.54, 1.807) is 51.1 Å². The van der Waals surface area contributed by atoms with E-state index in [9.17, 15) is 14.4 Å². The second-order valence-corrected chi connectivity index (χ2v) is 6.06. The summed E-state index contributed by atoms with van der Waals surface area (Å²) < 4.78 is 14.6. The second kappa shape index (κ2) is 8.33. The first-order valence-corrected chi connectivity index (χ1v) is 7.39. The molecule has 24 heavy (non-hydrogen) atoms. The summed E-state index contributed by atoms with van der Waals surface area (Å²) in [5.41, 5.74) is -0.179. The van der Waals surface area contributed by atoms with Crippen molar-refractivity contribution in [2.75, 3.05) is 14.2 Å². The Kier molecular flexibility index (Phi) is 6.76. The number of amides is 1. The number of carbonyl (C=O) groups excluding carboxylic acids is 3. The van der Waals surface area contributed by atoms with Gasteiger partial charge in [-0.05, 0) is 26.3 Å². The highest BCUT2D eigenvalue weighted by molar-refractivity contribution is 5.96. The van der Waals surface area contributed by atoms with Crippen molar-refractivity contribution in [3.63, 3.8) is 0 Å². The number of rotatable bonds is 5. The number of ether oxygens (including phenoxy) is 3. The maximum Gasteiger partial charge on any atom is 0.408 e. The Hall–Kier alpha value is -2.57. The van der Waals surface area contributed by atoms with Crippen molar-refractivity contribution in [3.8, 4) is 0 Å². The third kappa shape index (κ3) is 5.57. The van der Waals surface area contributed by atoms with Gasteiger partial charge in [0.1, 0.15) is 5.60 Å². The fourth-order valence-electron chi connectivity index (χ4n) is 2.08. The fraction of sp³-hybridized carbons (Fsp3) is 0.471. The van der Waals surface area contributed by atoms with Crippen LogP contribution in [0.1, 0.15) is 32.4 Å². The number of hydrogen-bond acceptors (Lipinski definition) is 6. The molecule has 0 unspecified atom stereocenters. The van der Waals surface area contributed by atoms with E-state index in [1.807, 2.05) is 0 Å². The van der Waals surface area contributed by atoms with Gasteiger partial charge >= 0.3 is 18.0 Å². The van der Waals surface area contributed by atoms with Crippen LogP contribution in [0.25, 0.3) is 0 Å². The fourth-order valence-corrected chi connectivity index (χ4v) is 2.08. The molecule has 7 heteroatoms. The van der Waals surface area contributed by atoms with Crippen LogP contribution in [0.15, 0.2) is 30.3 Å². The van der Waals surface area contributed by atoms with Crippen molar-refractivity contribution >= 4 is 18.0 Å². The molecule has 1 rings (SSSR count). The van der Waals surface area contributed by atoms with E-state index in [0.717, 1.165) is 14.2 Å². The highest BCUT2D eigenvalue weighted by Crippen LogP contribution is 2.25. The first-order valence-electron chi connectivity index (χ1n) is 7.39. The molecule has 7 nitrogen and oxygen atoms in total. The first-order chi connectivity index (χ1) is 11.2. The minimum atomic E-state index is -1.35. The third-order valence-corrected chi connectivity index (χ3v) is 3.07. The maximum atomic E-state index is 12.1. The topological polar surface area (TPSA) is 90.9 Å². The van der Waals surface area contributed by atoms with Crippen molar-refractivity contribution in [1.82, 2.24) is 5.32 Å². The van der Waals surface area contributed by atoms with Gasteiger partial charge in [0.2, 0.25) is 0 Å². The molecule has 0 fully saturated rings. The van der Waals surface area contributed by atoms with Crippen molar-refractivity contribution < 1.29 is 28.6 Å². The van der Waals surface area contributed by atoms with Gasteiger partial charge in [-0.25, -0.2) is 4.79 Å². The molecular weight excluding hydrogens is 314 g/mol. The standard InChI is InChI=1S/C17H23NO6/c1-17(2,3)24-16(21)18-13(11-9-7-6-8-10-11)12(14(19)22-4)15(20)23-5/h6-10,12-13H,1-5H3,(H,18,21)/t13-/m1/s1. The zero-order chi connectivity index (χ0) is 18.3. The van der Waals surface area contributed by atoms with Crippen molar-refractivity contribution in [3.05, 3.63) is 35.9 Å². The second-order valence-electron chi connectivity index (χ2n) is 6.06. The molecule has 0 aliphatic carbocycles. The molecule has 0 aromatic heterocycles. The van der Waals surface area contributed by atoms with Crippen LogP contribution in [0.2, 0.25) is 0 Å². The average molecular weight is 337 g/mol. The normalized spacial score (nSPS) is 12.2. The molecular formula is C17H23NO6. The van der Waals surface area contributed by atoms with E-state index < -0.39 is 35.6 Å². The zero-order valence-electron chi connectivity index (χ0n) is 14.5. The average Bonchev–Trinajstić information content (AvgIpc) is 2.52. The number of hydrogen-bond donors (Lipinski definition) is 1. The molecule has 0 aliphatic rings. The van der Waals surface area contributed by atoms with Gasteiger partial charge in [0.25, 0.3) is 0 Å². The molecule has 0 radical (unpaired) electrons. The minimum absolute atomic E-state index is 0.546. The van der Waals surface area contributed by atoms with Crippen LogP contribution >= 0.6 is 0 Å². The maximum absolute atomic E-state index is 12.1. The van der Waals surface area contributed by atoms with Crippen LogP contribution < -0.4 is 5.32 Å². The van der Waals surface area contributed by atoms with Gasteiger partial charge in [-0.3, -0.25) is 9.59 Å². The van der Waals surface area contributed by atoms with E-state index >= 15 is 0 Å². The Morgan fingerprint density at radius 2 is 1.46 bits per heavy atom. The number of alkyl carbamates (subject to hydrolysis) is 1. The Morgan fingerprint density at radius 1 is 0.958 bits per heavy atom. The number of methoxy groups -OCH3 is 2. The lowest BCUT2D eigenvalue weighted by atomic mass is 9.93. The summed E-state index contributed by atoms with van der Waals surface area (Å²) in [5.74, 6) is -2.98. The monoisotopic (exact) mass is 337 g/mol. The molecule has 0 saturated carbocycles. The van der Waals surface area contributed by atoms with E-state index in [1.165, 1.54) is 0 Å². The van der Waals surface area contributed by atoms with Gasteiger partial charge in [0, 0.05) is 0 Å². The smallest absolute Gasteiger partial charge is 0.408 e. The highest BCUT2D eigenvalue weighted by atomic mass is 16.6. The largest absolute Gasteiger partial charge is 0.468 e. The molecule has 132 valence electrons. The number of esters is 2. The molecule has 1 atom stereocenters. The SMILES string of the molecule is COC(=O)C(C(=O)OC)[C@H](NC(=O)OC(C)(C)C)c1ccccc1. The quantitative estimate of drug-likeness (QED) is 0.503. The van der Waals surface area contributed by atoms with Crippen LogP contribution in [0.5, 0.6) is 0 Å². The van der Waals surface area contributed by atoms with Crippen molar-refractivity contribution in [2.45, 2.75) is 32.4 Å². The van der Waals surface area contributed by atoms with E-state index in [2.05, 4.69) is 14.8 Å². The van der Waals surface area contributed by atoms with Gasteiger partial charge in [-0.1, -0.05) is 30.3 Å². The van der Waals surface area contributed by atoms with Gasteiger partial charge < -0.3 is 19.5 Å². The summed E-state index contributed by atoms with van der Waals surface area (Å²) in [6, 6.07) is 7.61. The predicted molar refractivity (Wildman–Crippen MR) is 86.1 cm³/mol. The molecule has 1 N–H and O–H groups in total. The molecule has 0 bridgehead atoms. The summed E-state index contributed by atoms with van der Waals surface area (Å²) in [7, 11) is 2.32. The number of carbonyl (C=O) groups is 3. The number of benzene rings is 1. The Bertz CT molecular complexity index is 562. The van der Waals surface area contributed by atoms with E-state index in [4.69, 9.17) is 4.74 Å². The van der Waals surface area contributed by atoms with Crippen LogP contribution in [0, 0.1) is 5.92 Å². The lowest BCUT2D eigenvalue weighted by molar-refractivity contribution is -0.160. The lowest BCUT2D eigenvalue weighted by Gasteiger charge is -2.27. The molecule has 1 aromatic rings.